The van der Waals surface area contributed by atoms with Crippen LogP contribution >= 0.6 is 0 Å². The summed E-state index contributed by atoms with van der Waals surface area (Å²) in [4.78, 5) is 16.8. The first kappa shape index (κ1) is 19.3. The molecule has 0 aromatic carbocycles. The monoisotopic (exact) mass is 383 g/mol. The van der Waals surface area contributed by atoms with Crippen LogP contribution in [-0.2, 0) is 28.2 Å². The molecular formula is C17H29N5O3S. The van der Waals surface area contributed by atoms with Crippen molar-refractivity contribution in [3.8, 4) is 0 Å². The second kappa shape index (κ2) is 7.64. The minimum absolute atomic E-state index is 0.111. The van der Waals surface area contributed by atoms with Gasteiger partial charge >= 0.3 is 0 Å². The van der Waals surface area contributed by atoms with Crippen molar-refractivity contribution >= 4 is 15.7 Å². The third-order valence-corrected chi connectivity index (χ3v) is 7.17. The topological polar surface area (TPSA) is 88.4 Å². The van der Waals surface area contributed by atoms with E-state index in [0.29, 0.717) is 19.4 Å². The zero-order valence-corrected chi connectivity index (χ0v) is 16.7. The first-order valence-corrected chi connectivity index (χ1v) is 11.1. The minimum atomic E-state index is -2.94. The molecule has 3 rings (SSSR count). The van der Waals surface area contributed by atoms with Gasteiger partial charge in [0.2, 0.25) is 5.91 Å². The van der Waals surface area contributed by atoms with Crippen molar-refractivity contribution < 1.29 is 13.2 Å². The third kappa shape index (κ3) is 4.25. The molecule has 2 aliphatic rings. The zero-order valence-electron chi connectivity index (χ0n) is 15.9. The molecule has 9 heteroatoms. The smallest absolute Gasteiger partial charge is 0.225 e. The van der Waals surface area contributed by atoms with E-state index in [1.165, 1.54) is 0 Å². The van der Waals surface area contributed by atoms with Crippen LogP contribution in [0.3, 0.4) is 0 Å². The first-order valence-electron chi connectivity index (χ1n) is 9.29. The van der Waals surface area contributed by atoms with Crippen molar-refractivity contribution in [3.05, 3.63) is 11.6 Å². The number of carbonyl (C=O) groups is 1. The Morgan fingerprint density at radius 1 is 1.19 bits per heavy atom. The van der Waals surface area contributed by atoms with E-state index in [-0.39, 0.29) is 29.2 Å². The second-order valence-corrected chi connectivity index (χ2v) is 10.1. The van der Waals surface area contributed by atoms with Gasteiger partial charge in [-0.2, -0.15) is 0 Å². The minimum Gasteiger partial charge on any atom is -0.342 e. The quantitative estimate of drug-likeness (QED) is 0.748. The van der Waals surface area contributed by atoms with E-state index in [2.05, 4.69) is 15.1 Å². The van der Waals surface area contributed by atoms with Gasteiger partial charge in [-0.15, -0.1) is 10.2 Å². The molecule has 1 atom stereocenters. The number of carbonyl (C=O) groups excluding carboxylic acids is 1. The Morgan fingerprint density at radius 2 is 1.88 bits per heavy atom. The fourth-order valence-corrected chi connectivity index (χ4v) is 5.43. The first-order chi connectivity index (χ1) is 12.3. The van der Waals surface area contributed by atoms with Crippen molar-refractivity contribution in [2.75, 3.05) is 38.7 Å². The van der Waals surface area contributed by atoms with Crippen LogP contribution in [0.1, 0.15) is 43.3 Å². The Balaban J connectivity index is 1.66. The van der Waals surface area contributed by atoms with Crippen LogP contribution in [0.5, 0.6) is 0 Å². The van der Waals surface area contributed by atoms with Gasteiger partial charge in [-0.05, 0) is 39.8 Å². The molecule has 0 saturated carbocycles. The molecule has 1 aromatic heterocycles. The maximum atomic E-state index is 12.9. The summed E-state index contributed by atoms with van der Waals surface area (Å²) in [6.07, 6.45) is 2.85. The third-order valence-electron chi connectivity index (χ3n) is 5.46. The van der Waals surface area contributed by atoms with E-state index in [1.807, 2.05) is 30.6 Å². The normalized spacial score (nSPS) is 24.2. The van der Waals surface area contributed by atoms with E-state index in [4.69, 9.17) is 0 Å². The summed E-state index contributed by atoms with van der Waals surface area (Å²) in [5.41, 5.74) is 0. The molecular weight excluding hydrogens is 354 g/mol. The van der Waals surface area contributed by atoms with Crippen LogP contribution < -0.4 is 0 Å². The molecule has 26 heavy (non-hydrogen) atoms. The summed E-state index contributed by atoms with van der Waals surface area (Å²) in [5.74, 6) is 2.28. The number of nitrogens with zero attached hydrogens (tertiary/aromatic N) is 5. The second-order valence-electron chi connectivity index (χ2n) is 7.82. The lowest BCUT2D eigenvalue weighted by atomic mass is 9.94. The van der Waals surface area contributed by atoms with Crippen molar-refractivity contribution in [3.63, 3.8) is 0 Å². The van der Waals surface area contributed by atoms with Gasteiger partial charge in [-0.25, -0.2) is 8.42 Å². The SMILES string of the molecule is CN(C)Cc1nnc(C2CCCN(C(=O)C3CCS(=O)(=O)CC3)C2)n1C. The molecule has 146 valence electrons. The Morgan fingerprint density at radius 3 is 2.54 bits per heavy atom. The highest BCUT2D eigenvalue weighted by Crippen LogP contribution is 2.29. The number of hydrogen-bond acceptors (Lipinski definition) is 6. The van der Waals surface area contributed by atoms with Gasteiger partial charge in [-0.3, -0.25) is 4.79 Å². The predicted molar refractivity (Wildman–Crippen MR) is 98.3 cm³/mol. The molecule has 0 spiro atoms. The van der Waals surface area contributed by atoms with Gasteiger partial charge in [0.1, 0.15) is 21.5 Å². The molecule has 0 bridgehead atoms. The van der Waals surface area contributed by atoms with Gasteiger partial charge in [0.05, 0.1) is 18.1 Å². The Kier molecular flexibility index (Phi) is 5.67. The molecule has 2 aliphatic heterocycles. The van der Waals surface area contributed by atoms with Gasteiger partial charge in [0.15, 0.2) is 0 Å². The molecule has 0 radical (unpaired) electrons. The highest BCUT2D eigenvalue weighted by Gasteiger charge is 2.34. The number of likely N-dealkylation sites (tertiary alicyclic amines) is 1. The van der Waals surface area contributed by atoms with Crippen molar-refractivity contribution in [1.82, 2.24) is 24.6 Å². The van der Waals surface area contributed by atoms with Crippen LogP contribution in [0.2, 0.25) is 0 Å². The summed E-state index contributed by atoms with van der Waals surface area (Å²) in [6.45, 7) is 2.13. The average molecular weight is 384 g/mol. The summed E-state index contributed by atoms with van der Waals surface area (Å²) in [5, 5.41) is 8.69. The van der Waals surface area contributed by atoms with E-state index < -0.39 is 9.84 Å². The molecule has 8 nitrogen and oxygen atoms in total. The van der Waals surface area contributed by atoms with E-state index in [1.54, 1.807) is 0 Å². The Bertz CT molecular complexity index is 744. The highest BCUT2D eigenvalue weighted by molar-refractivity contribution is 7.91. The maximum absolute atomic E-state index is 12.9. The lowest BCUT2D eigenvalue weighted by Gasteiger charge is -2.35. The summed E-state index contributed by atoms with van der Waals surface area (Å²) in [7, 11) is 3.04. The van der Waals surface area contributed by atoms with E-state index in [9.17, 15) is 13.2 Å². The average Bonchev–Trinajstić information content (AvgIpc) is 2.94. The molecule has 1 unspecified atom stereocenters. The lowest BCUT2D eigenvalue weighted by molar-refractivity contribution is -0.137. The van der Waals surface area contributed by atoms with E-state index in [0.717, 1.165) is 37.6 Å². The summed E-state index contributed by atoms with van der Waals surface area (Å²) < 4.78 is 25.3. The van der Waals surface area contributed by atoms with Gasteiger partial charge in [0.25, 0.3) is 0 Å². The fraction of sp³-hybridized carbons (Fsp3) is 0.824. The molecule has 0 aliphatic carbocycles. The molecule has 0 N–H and O–H groups in total. The van der Waals surface area contributed by atoms with Gasteiger partial charge in [0, 0.05) is 32.0 Å². The Hall–Kier alpha value is -1.48. The van der Waals surface area contributed by atoms with Crippen LogP contribution in [-0.4, -0.2) is 77.6 Å². The molecule has 3 heterocycles. The van der Waals surface area contributed by atoms with Crippen LogP contribution in [0.4, 0.5) is 0 Å². The standard InChI is InChI=1S/C17H29N5O3S/c1-20(2)12-15-18-19-16(21(15)3)14-5-4-8-22(11-14)17(23)13-6-9-26(24,25)10-7-13/h13-14H,4-12H2,1-3H3. The Labute approximate surface area is 155 Å². The van der Waals surface area contributed by atoms with Gasteiger partial charge < -0.3 is 14.4 Å². The van der Waals surface area contributed by atoms with Crippen LogP contribution in [0, 0.1) is 5.92 Å². The largest absolute Gasteiger partial charge is 0.342 e. The van der Waals surface area contributed by atoms with Crippen LogP contribution in [0.15, 0.2) is 0 Å². The maximum Gasteiger partial charge on any atom is 0.225 e. The molecule has 2 saturated heterocycles. The predicted octanol–water partition coefficient (Wildman–Crippen LogP) is 0.408. The van der Waals surface area contributed by atoms with Crippen LogP contribution in [0.25, 0.3) is 0 Å². The highest BCUT2D eigenvalue weighted by atomic mass is 32.2. The van der Waals surface area contributed by atoms with Gasteiger partial charge in [-0.1, -0.05) is 0 Å². The summed E-state index contributed by atoms with van der Waals surface area (Å²) in [6, 6.07) is 0. The van der Waals surface area contributed by atoms with Crippen molar-refractivity contribution in [2.24, 2.45) is 13.0 Å². The number of amides is 1. The molecule has 1 aromatic rings. The number of sulfone groups is 1. The molecule has 2 fully saturated rings. The zero-order chi connectivity index (χ0) is 18.9. The number of aromatic nitrogens is 3. The number of rotatable bonds is 4. The van der Waals surface area contributed by atoms with E-state index >= 15 is 0 Å². The van der Waals surface area contributed by atoms with Crippen molar-refractivity contribution in [2.45, 2.75) is 38.1 Å². The number of hydrogen-bond donors (Lipinski definition) is 0. The lowest BCUT2D eigenvalue weighted by Crippen LogP contribution is -2.44. The molecule has 1 amide bonds. The number of piperidine rings is 1. The van der Waals surface area contributed by atoms with Crippen molar-refractivity contribution in [1.29, 1.82) is 0 Å². The fourth-order valence-electron chi connectivity index (χ4n) is 3.93. The summed E-state index contributed by atoms with van der Waals surface area (Å²) >= 11 is 0.